The van der Waals surface area contributed by atoms with Crippen LogP contribution in [0.25, 0.3) is 10.2 Å². The van der Waals surface area contributed by atoms with Crippen molar-refractivity contribution >= 4 is 55.2 Å². The van der Waals surface area contributed by atoms with Crippen molar-refractivity contribution in [2.75, 3.05) is 5.32 Å². The number of benzene rings is 1. The maximum atomic E-state index is 12.0. The number of H-pyrrole nitrogens is 1. The molecule has 0 fully saturated rings. The van der Waals surface area contributed by atoms with E-state index < -0.39 is 0 Å². The lowest BCUT2D eigenvalue weighted by molar-refractivity contribution is 0.102. The summed E-state index contributed by atoms with van der Waals surface area (Å²) >= 11 is 3.51. The molecule has 2 aromatic heterocycles. The summed E-state index contributed by atoms with van der Waals surface area (Å²) in [4.78, 5) is 16.3. The number of nitrogens with zero attached hydrogens (tertiary/aromatic N) is 2. The molecular weight excluding hydrogens is 363 g/mol. The van der Waals surface area contributed by atoms with Crippen LogP contribution >= 0.6 is 33.9 Å². The number of hydrogen-bond acceptors (Lipinski definition) is 4. The number of para-hydroxylation sites is 1. The van der Waals surface area contributed by atoms with Crippen LogP contribution < -0.4 is 5.32 Å². The first kappa shape index (κ1) is 11.6. The van der Waals surface area contributed by atoms with Crippen molar-refractivity contribution in [3.8, 4) is 0 Å². The van der Waals surface area contributed by atoms with Crippen molar-refractivity contribution < 1.29 is 4.79 Å². The van der Waals surface area contributed by atoms with Gasteiger partial charge in [0, 0.05) is 0 Å². The second-order valence-corrected chi connectivity index (χ2v) is 5.73. The summed E-state index contributed by atoms with van der Waals surface area (Å²) in [5.41, 5.74) is 1.34. The number of carbonyl (C=O) groups is 1. The Labute approximate surface area is 120 Å². The number of aromatic nitrogens is 3. The minimum absolute atomic E-state index is 0.226. The Bertz CT molecular complexity index is 687. The van der Waals surface area contributed by atoms with E-state index in [1.54, 1.807) is 6.20 Å². The Hall–Kier alpha value is -1.48. The van der Waals surface area contributed by atoms with Crippen LogP contribution in [0, 0.1) is 3.57 Å². The Morgan fingerprint density at radius 1 is 1.39 bits per heavy atom. The average molecular weight is 370 g/mol. The van der Waals surface area contributed by atoms with Crippen LogP contribution in [0.4, 0.5) is 5.13 Å². The first-order chi connectivity index (χ1) is 8.74. The van der Waals surface area contributed by atoms with E-state index in [0.717, 1.165) is 13.8 Å². The molecule has 0 unspecified atom stereocenters. The van der Waals surface area contributed by atoms with Crippen LogP contribution in [0.15, 0.2) is 30.5 Å². The van der Waals surface area contributed by atoms with Gasteiger partial charge in [0.2, 0.25) is 0 Å². The highest BCUT2D eigenvalue weighted by atomic mass is 127. The maximum Gasteiger partial charge on any atom is 0.276 e. The second-order valence-electron chi connectivity index (χ2n) is 3.53. The zero-order valence-corrected chi connectivity index (χ0v) is 11.9. The molecule has 7 heteroatoms. The fourth-order valence-corrected chi connectivity index (χ4v) is 2.88. The van der Waals surface area contributed by atoms with Crippen molar-refractivity contribution in [3.63, 3.8) is 0 Å². The molecule has 0 aliphatic rings. The largest absolute Gasteiger partial charge is 0.296 e. The molecule has 3 rings (SSSR count). The average Bonchev–Trinajstić information content (AvgIpc) is 2.94. The number of rotatable bonds is 2. The summed E-state index contributed by atoms with van der Waals surface area (Å²) < 4.78 is 1.83. The van der Waals surface area contributed by atoms with E-state index in [4.69, 9.17) is 0 Å². The number of hydrogen-bond donors (Lipinski definition) is 2. The number of fused-ring (bicyclic) bond motifs is 1. The third-order valence-corrected chi connectivity index (χ3v) is 4.10. The lowest BCUT2D eigenvalue weighted by Crippen LogP contribution is -2.13. The maximum absolute atomic E-state index is 12.0. The first-order valence-corrected chi connectivity index (χ1v) is 6.99. The van der Waals surface area contributed by atoms with Gasteiger partial charge in [0.05, 0.1) is 20.0 Å². The van der Waals surface area contributed by atoms with Gasteiger partial charge in [-0.3, -0.25) is 15.2 Å². The standard InChI is InChI=1S/C11H7IN4OS/c12-6-5-13-16-9(6)10(17)15-11-14-7-3-1-2-4-8(7)18-11/h1-5H,(H,13,16)(H,14,15,17). The predicted octanol–water partition coefficient (Wildman–Crippen LogP) is 2.88. The molecule has 0 radical (unpaired) electrons. The lowest BCUT2D eigenvalue weighted by Gasteiger charge is -1.98. The summed E-state index contributed by atoms with van der Waals surface area (Å²) in [7, 11) is 0. The van der Waals surface area contributed by atoms with Gasteiger partial charge in [-0.1, -0.05) is 23.5 Å². The summed E-state index contributed by atoms with van der Waals surface area (Å²) in [6, 6.07) is 7.76. The zero-order chi connectivity index (χ0) is 12.5. The molecule has 0 saturated heterocycles. The molecule has 1 aromatic carbocycles. The van der Waals surface area contributed by atoms with Crippen LogP contribution in [0.1, 0.15) is 10.5 Å². The van der Waals surface area contributed by atoms with E-state index in [1.165, 1.54) is 11.3 Å². The Morgan fingerprint density at radius 3 is 2.94 bits per heavy atom. The first-order valence-electron chi connectivity index (χ1n) is 5.10. The molecular formula is C11H7IN4OS. The Balaban J connectivity index is 1.88. The molecule has 0 aliphatic carbocycles. The lowest BCUT2D eigenvalue weighted by atomic mass is 10.3. The smallest absolute Gasteiger partial charge is 0.276 e. The van der Waals surface area contributed by atoms with Crippen molar-refractivity contribution in [2.24, 2.45) is 0 Å². The highest BCUT2D eigenvalue weighted by Gasteiger charge is 2.14. The van der Waals surface area contributed by atoms with Gasteiger partial charge in [-0.25, -0.2) is 4.98 Å². The molecule has 1 amide bonds. The normalized spacial score (nSPS) is 10.7. The van der Waals surface area contributed by atoms with Crippen LogP contribution in [-0.2, 0) is 0 Å². The summed E-state index contributed by atoms with van der Waals surface area (Å²) in [5, 5.41) is 9.84. The van der Waals surface area contributed by atoms with E-state index in [9.17, 15) is 4.79 Å². The van der Waals surface area contributed by atoms with E-state index in [2.05, 4.69) is 43.1 Å². The summed E-state index contributed by atoms with van der Waals surface area (Å²) in [6.07, 6.45) is 1.60. The van der Waals surface area contributed by atoms with Gasteiger partial charge in [-0.05, 0) is 34.7 Å². The van der Waals surface area contributed by atoms with Gasteiger partial charge < -0.3 is 0 Å². The molecule has 0 bridgehead atoms. The number of thiazole rings is 1. The molecule has 0 atom stereocenters. The summed E-state index contributed by atoms with van der Waals surface area (Å²) in [6.45, 7) is 0. The van der Waals surface area contributed by atoms with Gasteiger partial charge >= 0.3 is 0 Å². The zero-order valence-electron chi connectivity index (χ0n) is 8.98. The van der Waals surface area contributed by atoms with Gasteiger partial charge in [0.15, 0.2) is 5.13 Å². The molecule has 5 nitrogen and oxygen atoms in total. The van der Waals surface area contributed by atoms with Crippen molar-refractivity contribution in [1.29, 1.82) is 0 Å². The molecule has 2 N–H and O–H groups in total. The van der Waals surface area contributed by atoms with Crippen LogP contribution in [0.2, 0.25) is 0 Å². The van der Waals surface area contributed by atoms with Gasteiger partial charge in [0.25, 0.3) is 5.91 Å². The monoisotopic (exact) mass is 370 g/mol. The predicted molar refractivity (Wildman–Crippen MR) is 78.9 cm³/mol. The van der Waals surface area contributed by atoms with Gasteiger partial charge in [-0.15, -0.1) is 0 Å². The third kappa shape index (κ3) is 2.10. The Kier molecular flexibility index (Phi) is 3.00. The number of amides is 1. The van der Waals surface area contributed by atoms with Crippen LogP contribution in [0.3, 0.4) is 0 Å². The van der Waals surface area contributed by atoms with Crippen molar-refractivity contribution in [3.05, 3.63) is 39.7 Å². The minimum atomic E-state index is -0.226. The highest BCUT2D eigenvalue weighted by Crippen LogP contribution is 2.25. The van der Waals surface area contributed by atoms with Crippen LogP contribution in [0.5, 0.6) is 0 Å². The molecule has 2 heterocycles. The second kappa shape index (κ2) is 4.65. The summed E-state index contributed by atoms with van der Waals surface area (Å²) in [5.74, 6) is -0.226. The van der Waals surface area contributed by atoms with Crippen LogP contribution in [-0.4, -0.2) is 21.1 Å². The molecule has 18 heavy (non-hydrogen) atoms. The van der Waals surface area contributed by atoms with Gasteiger partial charge in [0.1, 0.15) is 5.69 Å². The minimum Gasteiger partial charge on any atom is -0.296 e. The van der Waals surface area contributed by atoms with E-state index in [0.29, 0.717) is 10.8 Å². The SMILES string of the molecule is O=C(Nc1nc2ccccc2s1)c1[nH]ncc1I. The quantitative estimate of drug-likeness (QED) is 0.682. The third-order valence-electron chi connectivity index (χ3n) is 2.33. The van der Waals surface area contributed by atoms with Crippen molar-refractivity contribution in [1.82, 2.24) is 15.2 Å². The number of nitrogens with one attached hydrogen (secondary N) is 2. The number of aromatic amines is 1. The van der Waals surface area contributed by atoms with E-state index >= 15 is 0 Å². The Morgan fingerprint density at radius 2 is 2.22 bits per heavy atom. The van der Waals surface area contributed by atoms with Gasteiger partial charge in [-0.2, -0.15) is 5.10 Å². The van der Waals surface area contributed by atoms with Crippen molar-refractivity contribution in [2.45, 2.75) is 0 Å². The number of anilines is 1. The number of carbonyl (C=O) groups excluding carboxylic acids is 1. The molecule has 0 aliphatic heterocycles. The number of halogens is 1. The molecule has 90 valence electrons. The highest BCUT2D eigenvalue weighted by molar-refractivity contribution is 14.1. The molecule has 0 spiro atoms. The topological polar surface area (TPSA) is 70.7 Å². The van der Waals surface area contributed by atoms with E-state index in [1.807, 2.05) is 24.3 Å². The molecule has 3 aromatic rings. The fraction of sp³-hybridized carbons (Fsp3) is 0. The molecule has 0 saturated carbocycles. The fourth-order valence-electron chi connectivity index (χ4n) is 1.52. The van der Waals surface area contributed by atoms with E-state index in [-0.39, 0.29) is 5.91 Å².